The van der Waals surface area contributed by atoms with Crippen molar-refractivity contribution in [1.29, 1.82) is 0 Å². The third kappa shape index (κ3) is 2.55. The molecule has 4 heteroatoms. The monoisotopic (exact) mass is 251 g/mol. The molecule has 2 heterocycles. The number of likely N-dealkylation sites (N-methyl/N-ethyl adjacent to an activating group) is 1. The van der Waals surface area contributed by atoms with Gasteiger partial charge in [-0.05, 0) is 43.3 Å². The zero-order chi connectivity index (χ0) is 11.7. The first-order valence-electron chi connectivity index (χ1n) is 6.59. The van der Waals surface area contributed by atoms with Crippen molar-refractivity contribution in [2.24, 2.45) is 0 Å². The third-order valence-electron chi connectivity index (χ3n) is 3.89. The predicted molar refractivity (Wildman–Crippen MR) is 72.2 cm³/mol. The Kier molecular flexibility index (Phi) is 3.47. The highest BCUT2D eigenvalue weighted by atomic mass is 32.1. The van der Waals surface area contributed by atoms with Gasteiger partial charge in [-0.15, -0.1) is 11.3 Å². The highest BCUT2D eigenvalue weighted by Gasteiger charge is 2.24. The van der Waals surface area contributed by atoms with Crippen molar-refractivity contribution in [1.82, 2.24) is 15.3 Å². The molecule has 0 spiro atoms. The first kappa shape index (κ1) is 11.7. The van der Waals surface area contributed by atoms with Crippen LogP contribution in [0.5, 0.6) is 0 Å². The van der Waals surface area contributed by atoms with Crippen LogP contribution in [0.3, 0.4) is 0 Å². The first-order valence-corrected chi connectivity index (χ1v) is 7.47. The fraction of sp³-hybridized carbons (Fsp3) is 0.692. The lowest BCUT2D eigenvalue weighted by atomic mass is 9.94. The first-order chi connectivity index (χ1) is 8.33. The Morgan fingerprint density at radius 1 is 1.29 bits per heavy atom. The van der Waals surface area contributed by atoms with Gasteiger partial charge in [0.05, 0.1) is 0 Å². The number of piperazine rings is 1. The van der Waals surface area contributed by atoms with E-state index in [2.05, 4.69) is 33.8 Å². The van der Waals surface area contributed by atoms with Crippen LogP contribution >= 0.6 is 11.3 Å². The Hall–Kier alpha value is -0.420. The number of hydrazine groups is 1. The summed E-state index contributed by atoms with van der Waals surface area (Å²) in [6, 6.07) is 2.88. The molecular weight excluding hydrogens is 230 g/mol. The highest BCUT2D eigenvalue weighted by Crippen LogP contribution is 2.33. The van der Waals surface area contributed by atoms with E-state index in [1.165, 1.54) is 32.4 Å². The minimum atomic E-state index is 0.563. The van der Waals surface area contributed by atoms with E-state index in [0.717, 1.165) is 13.1 Å². The average Bonchev–Trinajstić information content (AvgIpc) is 2.81. The molecule has 17 heavy (non-hydrogen) atoms. The zero-order valence-electron chi connectivity index (χ0n) is 10.5. The van der Waals surface area contributed by atoms with Gasteiger partial charge < -0.3 is 4.90 Å². The van der Waals surface area contributed by atoms with Crippen molar-refractivity contribution in [3.63, 3.8) is 0 Å². The normalized spacial score (nSPS) is 27.0. The standard InChI is InChI=1S/C13H21N3S/c1-15-6-8-16(9-7-15)14-12-3-2-4-13-11(12)5-10-17-13/h5,10,12,14H,2-4,6-9H2,1H3. The van der Waals surface area contributed by atoms with Gasteiger partial charge in [0, 0.05) is 37.1 Å². The molecule has 0 radical (unpaired) electrons. The van der Waals surface area contributed by atoms with Crippen molar-refractivity contribution >= 4 is 11.3 Å². The summed E-state index contributed by atoms with van der Waals surface area (Å²) in [5, 5.41) is 4.66. The second-order valence-electron chi connectivity index (χ2n) is 5.16. The minimum absolute atomic E-state index is 0.563. The van der Waals surface area contributed by atoms with Crippen LogP contribution in [-0.4, -0.2) is 43.1 Å². The summed E-state index contributed by atoms with van der Waals surface area (Å²) in [4.78, 5) is 4.00. The summed E-state index contributed by atoms with van der Waals surface area (Å²) in [6.45, 7) is 4.64. The second kappa shape index (κ2) is 5.06. The SMILES string of the molecule is CN1CCN(NC2CCCc3sccc32)CC1. The van der Waals surface area contributed by atoms with Crippen LogP contribution in [0.2, 0.25) is 0 Å². The highest BCUT2D eigenvalue weighted by molar-refractivity contribution is 7.10. The molecule has 1 unspecified atom stereocenters. The molecule has 1 N–H and O–H groups in total. The fourth-order valence-electron chi connectivity index (χ4n) is 2.78. The van der Waals surface area contributed by atoms with E-state index < -0.39 is 0 Å². The van der Waals surface area contributed by atoms with Gasteiger partial charge in [-0.1, -0.05) is 0 Å². The molecule has 1 atom stereocenters. The summed E-state index contributed by atoms with van der Waals surface area (Å²) in [7, 11) is 2.20. The minimum Gasteiger partial charge on any atom is -0.304 e. The molecule has 1 aliphatic carbocycles. The molecule has 0 saturated carbocycles. The summed E-state index contributed by atoms with van der Waals surface area (Å²) >= 11 is 1.92. The van der Waals surface area contributed by atoms with Gasteiger partial charge in [0.1, 0.15) is 0 Å². The largest absolute Gasteiger partial charge is 0.304 e. The van der Waals surface area contributed by atoms with E-state index in [4.69, 9.17) is 0 Å². The summed E-state index contributed by atoms with van der Waals surface area (Å²) in [5.41, 5.74) is 5.29. The van der Waals surface area contributed by atoms with Crippen LogP contribution in [0.15, 0.2) is 11.4 Å². The molecule has 3 nitrogen and oxygen atoms in total. The van der Waals surface area contributed by atoms with Crippen LogP contribution in [0.1, 0.15) is 29.3 Å². The smallest absolute Gasteiger partial charge is 0.0475 e. The van der Waals surface area contributed by atoms with Gasteiger partial charge in [0.25, 0.3) is 0 Å². The maximum Gasteiger partial charge on any atom is 0.0475 e. The molecule has 94 valence electrons. The number of thiophene rings is 1. The molecule has 1 aliphatic heterocycles. The van der Waals surface area contributed by atoms with Crippen LogP contribution in [0.25, 0.3) is 0 Å². The molecular formula is C13H21N3S. The maximum absolute atomic E-state index is 3.73. The lowest BCUT2D eigenvalue weighted by molar-refractivity contribution is 0.0830. The summed E-state index contributed by atoms with van der Waals surface area (Å²) in [6.07, 6.45) is 3.91. The number of hydrogen-bond acceptors (Lipinski definition) is 4. The fourth-order valence-corrected chi connectivity index (χ4v) is 3.76. The summed E-state index contributed by atoms with van der Waals surface area (Å²) < 4.78 is 0. The molecule has 0 aromatic carbocycles. The molecule has 3 rings (SSSR count). The topological polar surface area (TPSA) is 18.5 Å². The van der Waals surface area contributed by atoms with Gasteiger partial charge in [-0.25, -0.2) is 10.4 Å². The number of nitrogens with one attached hydrogen (secondary N) is 1. The lowest BCUT2D eigenvalue weighted by Gasteiger charge is -2.36. The molecule has 1 fully saturated rings. The van der Waals surface area contributed by atoms with E-state index >= 15 is 0 Å². The molecule has 1 saturated heterocycles. The molecule has 0 amide bonds. The molecule has 2 aliphatic rings. The maximum atomic E-state index is 3.73. The van der Waals surface area contributed by atoms with Crippen LogP contribution < -0.4 is 5.43 Å². The van der Waals surface area contributed by atoms with Crippen LogP contribution in [0.4, 0.5) is 0 Å². The van der Waals surface area contributed by atoms with Crippen LogP contribution in [-0.2, 0) is 6.42 Å². The van der Waals surface area contributed by atoms with Crippen molar-refractivity contribution in [3.8, 4) is 0 Å². The quantitative estimate of drug-likeness (QED) is 0.866. The van der Waals surface area contributed by atoms with Crippen molar-refractivity contribution in [3.05, 3.63) is 21.9 Å². The number of aryl methyl sites for hydroxylation is 1. The van der Waals surface area contributed by atoms with Crippen molar-refractivity contribution in [2.75, 3.05) is 33.2 Å². The predicted octanol–water partition coefficient (Wildman–Crippen LogP) is 1.88. The van der Waals surface area contributed by atoms with Gasteiger partial charge in [-0.2, -0.15) is 0 Å². The second-order valence-corrected chi connectivity index (χ2v) is 6.16. The number of fused-ring (bicyclic) bond motifs is 1. The Morgan fingerprint density at radius 3 is 2.94 bits per heavy atom. The van der Waals surface area contributed by atoms with Crippen LogP contribution in [0, 0.1) is 0 Å². The molecule has 0 bridgehead atoms. The Balaban J connectivity index is 1.63. The van der Waals surface area contributed by atoms with Gasteiger partial charge in [-0.3, -0.25) is 0 Å². The Morgan fingerprint density at radius 2 is 2.12 bits per heavy atom. The number of hydrogen-bond donors (Lipinski definition) is 1. The molecule has 1 aromatic rings. The van der Waals surface area contributed by atoms with Crippen molar-refractivity contribution < 1.29 is 0 Å². The Bertz CT molecular complexity index is 368. The summed E-state index contributed by atoms with van der Waals surface area (Å²) in [5.74, 6) is 0. The Labute approximate surface area is 107 Å². The van der Waals surface area contributed by atoms with E-state index in [9.17, 15) is 0 Å². The third-order valence-corrected chi connectivity index (χ3v) is 4.89. The number of rotatable bonds is 2. The average molecular weight is 251 g/mol. The van der Waals surface area contributed by atoms with Gasteiger partial charge in [0.2, 0.25) is 0 Å². The van der Waals surface area contributed by atoms with Crippen molar-refractivity contribution in [2.45, 2.75) is 25.3 Å². The van der Waals surface area contributed by atoms with Gasteiger partial charge >= 0.3 is 0 Å². The van der Waals surface area contributed by atoms with E-state index in [1.54, 1.807) is 10.4 Å². The zero-order valence-corrected chi connectivity index (χ0v) is 11.3. The lowest BCUT2D eigenvalue weighted by Crippen LogP contribution is -2.51. The van der Waals surface area contributed by atoms with E-state index in [1.807, 2.05) is 11.3 Å². The van der Waals surface area contributed by atoms with E-state index in [0.29, 0.717) is 6.04 Å². The number of nitrogens with zero attached hydrogens (tertiary/aromatic N) is 2. The van der Waals surface area contributed by atoms with Gasteiger partial charge in [0.15, 0.2) is 0 Å². The molecule has 1 aromatic heterocycles. The van der Waals surface area contributed by atoms with E-state index in [-0.39, 0.29) is 0 Å².